The van der Waals surface area contributed by atoms with E-state index in [0.29, 0.717) is 5.69 Å². The highest BCUT2D eigenvalue weighted by molar-refractivity contribution is 7.07. The lowest BCUT2D eigenvalue weighted by atomic mass is 10.2. The summed E-state index contributed by atoms with van der Waals surface area (Å²) >= 11 is 1.49. The fourth-order valence-electron chi connectivity index (χ4n) is 1.56. The Bertz CT molecular complexity index is 625. The third kappa shape index (κ3) is 3.64. The lowest BCUT2D eigenvalue weighted by Crippen LogP contribution is -2.10. The Morgan fingerprint density at radius 1 is 1.35 bits per heavy atom. The van der Waals surface area contributed by atoms with E-state index < -0.39 is 11.8 Å². The normalized spacial score (nSPS) is 10.1. The number of hydrogen-bond donors (Lipinski definition) is 1. The van der Waals surface area contributed by atoms with Gasteiger partial charge in [0.05, 0.1) is 5.56 Å². The zero-order chi connectivity index (χ0) is 14.5. The number of ether oxygens (including phenoxy) is 1. The maximum atomic E-state index is 13.6. The number of esters is 1. The van der Waals surface area contributed by atoms with Gasteiger partial charge in [0.15, 0.2) is 0 Å². The SMILES string of the molecule is CC(=O)Nc1ccc(F)c(C(=O)OCc2ccsc2)c1. The Morgan fingerprint density at radius 3 is 2.80 bits per heavy atom. The van der Waals surface area contributed by atoms with Crippen molar-refractivity contribution in [3.05, 3.63) is 52.0 Å². The van der Waals surface area contributed by atoms with Crippen molar-refractivity contribution in [3.63, 3.8) is 0 Å². The van der Waals surface area contributed by atoms with E-state index in [9.17, 15) is 14.0 Å². The topological polar surface area (TPSA) is 55.4 Å². The number of carbonyl (C=O) groups is 2. The van der Waals surface area contributed by atoms with Gasteiger partial charge in [-0.2, -0.15) is 11.3 Å². The second kappa shape index (κ2) is 6.29. The molecule has 0 unspecified atom stereocenters. The van der Waals surface area contributed by atoms with Crippen LogP contribution in [0, 0.1) is 5.82 Å². The average molecular weight is 293 g/mol. The number of anilines is 1. The van der Waals surface area contributed by atoms with E-state index in [1.165, 1.54) is 30.4 Å². The van der Waals surface area contributed by atoms with Crippen LogP contribution in [0.2, 0.25) is 0 Å². The monoisotopic (exact) mass is 293 g/mol. The third-order valence-corrected chi connectivity index (χ3v) is 3.19. The molecule has 0 radical (unpaired) electrons. The number of rotatable bonds is 4. The summed E-state index contributed by atoms with van der Waals surface area (Å²) in [5, 5.41) is 6.19. The Balaban J connectivity index is 2.09. The predicted octanol–water partition coefficient (Wildman–Crippen LogP) is 3.20. The predicted molar refractivity (Wildman–Crippen MR) is 74.1 cm³/mol. The number of benzene rings is 1. The molecule has 104 valence electrons. The van der Waals surface area contributed by atoms with Crippen LogP contribution in [0.3, 0.4) is 0 Å². The first-order valence-electron chi connectivity index (χ1n) is 5.81. The van der Waals surface area contributed by atoms with E-state index in [4.69, 9.17) is 4.74 Å². The maximum absolute atomic E-state index is 13.6. The standard InChI is InChI=1S/C14H12FNO3S/c1-9(17)16-11-2-3-13(15)12(6-11)14(18)19-7-10-4-5-20-8-10/h2-6,8H,7H2,1H3,(H,16,17). The van der Waals surface area contributed by atoms with Crippen molar-refractivity contribution in [1.82, 2.24) is 0 Å². The molecule has 1 N–H and O–H groups in total. The molecule has 0 aliphatic carbocycles. The largest absolute Gasteiger partial charge is 0.457 e. The van der Waals surface area contributed by atoms with Crippen LogP contribution in [0.5, 0.6) is 0 Å². The molecule has 20 heavy (non-hydrogen) atoms. The number of hydrogen-bond acceptors (Lipinski definition) is 4. The fourth-order valence-corrected chi connectivity index (χ4v) is 2.22. The Labute approximate surface area is 119 Å². The fraction of sp³-hybridized carbons (Fsp3) is 0.143. The van der Waals surface area contributed by atoms with Gasteiger partial charge in [0.1, 0.15) is 12.4 Å². The zero-order valence-electron chi connectivity index (χ0n) is 10.7. The molecule has 4 nitrogen and oxygen atoms in total. The molecule has 0 aliphatic heterocycles. The molecule has 1 amide bonds. The van der Waals surface area contributed by atoms with Gasteiger partial charge in [-0.1, -0.05) is 0 Å². The third-order valence-electron chi connectivity index (χ3n) is 2.46. The Morgan fingerprint density at radius 2 is 2.15 bits per heavy atom. The number of nitrogens with one attached hydrogen (secondary N) is 1. The first-order valence-corrected chi connectivity index (χ1v) is 6.76. The highest BCUT2D eigenvalue weighted by Gasteiger charge is 2.14. The molecule has 1 aromatic heterocycles. The molecule has 0 aliphatic rings. The minimum atomic E-state index is -0.763. The molecule has 0 fully saturated rings. The molecule has 0 saturated carbocycles. The van der Waals surface area contributed by atoms with Crippen LogP contribution in [0.4, 0.5) is 10.1 Å². The van der Waals surface area contributed by atoms with E-state index in [1.54, 1.807) is 0 Å². The van der Waals surface area contributed by atoms with Gasteiger partial charge in [-0.25, -0.2) is 9.18 Å². The molecule has 1 heterocycles. The summed E-state index contributed by atoms with van der Waals surface area (Å²) in [6, 6.07) is 5.58. The summed E-state index contributed by atoms with van der Waals surface area (Å²) in [7, 11) is 0. The van der Waals surface area contributed by atoms with Gasteiger partial charge in [0.25, 0.3) is 0 Å². The molecular formula is C14H12FNO3S. The van der Waals surface area contributed by atoms with Gasteiger partial charge in [0, 0.05) is 18.2 Å². The van der Waals surface area contributed by atoms with Gasteiger partial charge < -0.3 is 10.1 Å². The van der Waals surface area contributed by atoms with Gasteiger partial charge in [-0.05, 0) is 35.0 Å². The van der Waals surface area contributed by atoms with Crippen LogP contribution in [0.15, 0.2) is 35.0 Å². The number of halogens is 1. The molecule has 6 heteroatoms. The quantitative estimate of drug-likeness (QED) is 0.881. The second-order valence-electron chi connectivity index (χ2n) is 4.08. The maximum Gasteiger partial charge on any atom is 0.341 e. The number of thiophene rings is 1. The van der Waals surface area contributed by atoms with Gasteiger partial charge in [-0.3, -0.25) is 4.79 Å². The van der Waals surface area contributed by atoms with Crippen LogP contribution in [0.25, 0.3) is 0 Å². The van der Waals surface area contributed by atoms with E-state index in [2.05, 4.69) is 5.32 Å². The minimum Gasteiger partial charge on any atom is -0.457 e. The van der Waals surface area contributed by atoms with Crippen molar-refractivity contribution >= 4 is 28.9 Å². The summed E-state index contributed by atoms with van der Waals surface area (Å²) in [5.74, 6) is -1.75. The van der Waals surface area contributed by atoms with Crippen LogP contribution in [0.1, 0.15) is 22.8 Å². The van der Waals surface area contributed by atoms with Gasteiger partial charge in [-0.15, -0.1) is 0 Å². The van der Waals surface area contributed by atoms with Gasteiger partial charge >= 0.3 is 5.97 Å². The van der Waals surface area contributed by atoms with Crippen molar-refractivity contribution < 1.29 is 18.7 Å². The molecule has 0 saturated heterocycles. The van der Waals surface area contributed by atoms with Crippen molar-refractivity contribution in [2.75, 3.05) is 5.32 Å². The smallest absolute Gasteiger partial charge is 0.341 e. The number of amides is 1. The molecule has 1 aromatic carbocycles. The molecule has 0 spiro atoms. The lowest BCUT2D eigenvalue weighted by molar-refractivity contribution is -0.114. The summed E-state index contributed by atoms with van der Waals surface area (Å²) in [4.78, 5) is 22.8. The van der Waals surface area contributed by atoms with Crippen molar-refractivity contribution in [2.45, 2.75) is 13.5 Å². The lowest BCUT2D eigenvalue weighted by Gasteiger charge is -2.07. The summed E-state index contributed by atoms with van der Waals surface area (Å²) in [6.07, 6.45) is 0. The van der Waals surface area contributed by atoms with E-state index in [1.807, 2.05) is 16.8 Å². The number of carbonyl (C=O) groups excluding carboxylic acids is 2. The van der Waals surface area contributed by atoms with E-state index >= 15 is 0 Å². The first-order chi connectivity index (χ1) is 9.56. The average Bonchev–Trinajstić information content (AvgIpc) is 2.91. The highest BCUT2D eigenvalue weighted by atomic mass is 32.1. The molecule has 2 rings (SSSR count). The van der Waals surface area contributed by atoms with Crippen LogP contribution in [-0.4, -0.2) is 11.9 Å². The van der Waals surface area contributed by atoms with Crippen LogP contribution >= 0.6 is 11.3 Å². The molecular weight excluding hydrogens is 281 g/mol. The van der Waals surface area contributed by atoms with Crippen LogP contribution in [-0.2, 0) is 16.1 Å². The molecule has 2 aromatic rings. The summed E-state index contributed by atoms with van der Waals surface area (Å²) < 4.78 is 18.6. The Hall–Kier alpha value is -2.21. The summed E-state index contributed by atoms with van der Waals surface area (Å²) in [6.45, 7) is 1.42. The molecule has 0 bridgehead atoms. The summed E-state index contributed by atoms with van der Waals surface area (Å²) in [5.41, 5.74) is 0.995. The van der Waals surface area contributed by atoms with Crippen LogP contribution < -0.4 is 5.32 Å². The van der Waals surface area contributed by atoms with Gasteiger partial charge in [0.2, 0.25) is 5.91 Å². The first kappa shape index (κ1) is 14.2. The van der Waals surface area contributed by atoms with E-state index in [-0.39, 0.29) is 18.1 Å². The van der Waals surface area contributed by atoms with Crippen molar-refractivity contribution in [1.29, 1.82) is 0 Å². The minimum absolute atomic E-state index is 0.0894. The van der Waals surface area contributed by atoms with Crippen molar-refractivity contribution in [3.8, 4) is 0 Å². The zero-order valence-corrected chi connectivity index (χ0v) is 11.5. The molecule has 0 atom stereocenters. The van der Waals surface area contributed by atoms with Crippen molar-refractivity contribution in [2.24, 2.45) is 0 Å². The Kier molecular flexibility index (Phi) is 4.47. The highest BCUT2D eigenvalue weighted by Crippen LogP contribution is 2.17. The second-order valence-corrected chi connectivity index (χ2v) is 4.86. The van der Waals surface area contributed by atoms with E-state index in [0.717, 1.165) is 11.6 Å².